The van der Waals surface area contributed by atoms with Crippen molar-refractivity contribution in [3.05, 3.63) is 56.7 Å². The summed E-state index contributed by atoms with van der Waals surface area (Å²) in [6.07, 6.45) is 1.03. The van der Waals surface area contributed by atoms with Gasteiger partial charge in [-0.3, -0.25) is 10.1 Å². The number of aromatic carboxylic acids is 1. The summed E-state index contributed by atoms with van der Waals surface area (Å²) in [7, 11) is 0. The van der Waals surface area contributed by atoms with Gasteiger partial charge in [-0.1, -0.05) is 11.6 Å². The van der Waals surface area contributed by atoms with E-state index in [0.29, 0.717) is 11.3 Å². The van der Waals surface area contributed by atoms with E-state index < -0.39 is 10.9 Å². The van der Waals surface area contributed by atoms with Crippen molar-refractivity contribution in [1.29, 1.82) is 0 Å². The molecule has 8 heteroatoms. The molecule has 21 heavy (non-hydrogen) atoms. The number of aromatic nitrogens is 1. The summed E-state index contributed by atoms with van der Waals surface area (Å²) in [5, 5.41) is 19.5. The Morgan fingerprint density at radius 3 is 2.67 bits per heavy atom. The quantitative estimate of drug-likeness (QED) is 0.685. The zero-order valence-electron chi connectivity index (χ0n) is 10.7. The molecular formula is C13H9ClN2O5. The molecule has 0 amide bonds. The maximum Gasteiger partial charge on any atom is 0.335 e. The summed E-state index contributed by atoms with van der Waals surface area (Å²) in [6.45, 7) is 1.67. The molecule has 0 unspecified atom stereocenters. The second-order valence-corrected chi connectivity index (χ2v) is 4.53. The largest absolute Gasteiger partial charge is 0.478 e. The lowest BCUT2D eigenvalue weighted by molar-refractivity contribution is -0.385. The van der Waals surface area contributed by atoms with Crippen LogP contribution in [0.15, 0.2) is 30.5 Å². The summed E-state index contributed by atoms with van der Waals surface area (Å²) in [6, 6.07) is 5.42. The molecule has 0 aliphatic heterocycles. The van der Waals surface area contributed by atoms with Gasteiger partial charge >= 0.3 is 5.97 Å². The Morgan fingerprint density at radius 1 is 1.43 bits per heavy atom. The van der Waals surface area contributed by atoms with E-state index in [2.05, 4.69) is 4.98 Å². The summed E-state index contributed by atoms with van der Waals surface area (Å²) in [5.41, 5.74) is 0.457. The Kier molecular flexibility index (Phi) is 4.04. The fourth-order valence-electron chi connectivity index (χ4n) is 1.59. The lowest BCUT2D eigenvalue weighted by Crippen LogP contribution is -1.98. The molecule has 1 aromatic carbocycles. The Balaban J connectivity index is 2.30. The van der Waals surface area contributed by atoms with Crippen LogP contribution in [0, 0.1) is 17.0 Å². The number of halogens is 1. The third kappa shape index (κ3) is 3.26. The SMILES string of the molecule is Cc1cc(C(=O)O)ccc1Oc1ncc([N+](=O)[O-])cc1Cl. The van der Waals surface area contributed by atoms with Crippen LogP contribution in [0.25, 0.3) is 0 Å². The minimum Gasteiger partial charge on any atom is -0.478 e. The minimum atomic E-state index is -1.05. The number of pyridine rings is 1. The van der Waals surface area contributed by atoms with E-state index in [9.17, 15) is 14.9 Å². The highest BCUT2D eigenvalue weighted by Crippen LogP contribution is 2.31. The van der Waals surface area contributed by atoms with E-state index in [1.165, 1.54) is 18.2 Å². The van der Waals surface area contributed by atoms with Crippen LogP contribution in [0.4, 0.5) is 5.69 Å². The molecule has 0 saturated heterocycles. The first-order valence-corrected chi connectivity index (χ1v) is 6.08. The van der Waals surface area contributed by atoms with E-state index in [1.54, 1.807) is 6.92 Å². The average Bonchev–Trinajstić information content (AvgIpc) is 2.42. The van der Waals surface area contributed by atoms with Crippen LogP contribution in [-0.2, 0) is 0 Å². The number of benzene rings is 1. The van der Waals surface area contributed by atoms with Gasteiger partial charge in [0.1, 0.15) is 17.0 Å². The Hall–Kier alpha value is -2.67. The Labute approximate surface area is 123 Å². The van der Waals surface area contributed by atoms with Crippen LogP contribution in [0.3, 0.4) is 0 Å². The van der Waals surface area contributed by atoms with Gasteiger partial charge in [0, 0.05) is 6.07 Å². The van der Waals surface area contributed by atoms with Crippen molar-refractivity contribution in [3.63, 3.8) is 0 Å². The van der Waals surface area contributed by atoms with E-state index in [1.807, 2.05) is 0 Å². The minimum absolute atomic E-state index is 0.00782. The van der Waals surface area contributed by atoms with Gasteiger partial charge in [-0.15, -0.1) is 0 Å². The van der Waals surface area contributed by atoms with Crippen LogP contribution in [0.2, 0.25) is 5.02 Å². The summed E-state index contributed by atoms with van der Waals surface area (Å²) in [5.74, 6) is -0.673. The molecule has 1 N–H and O–H groups in total. The Bertz CT molecular complexity index is 671. The number of hydrogen-bond donors (Lipinski definition) is 1. The molecule has 1 heterocycles. The van der Waals surface area contributed by atoms with Gasteiger partial charge < -0.3 is 9.84 Å². The molecule has 0 aliphatic rings. The highest BCUT2D eigenvalue weighted by Gasteiger charge is 2.14. The molecule has 0 aliphatic carbocycles. The second-order valence-electron chi connectivity index (χ2n) is 4.13. The smallest absolute Gasteiger partial charge is 0.335 e. The molecule has 1 aromatic heterocycles. The van der Waals surface area contributed by atoms with E-state index in [-0.39, 0.29) is 22.2 Å². The van der Waals surface area contributed by atoms with Gasteiger partial charge in [0.25, 0.3) is 5.69 Å². The van der Waals surface area contributed by atoms with Gasteiger partial charge in [0.15, 0.2) is 0 Å². The third-order valence-corrected chi connectivity index (χ3v) is 2.90. The predicted molar refractivity (Wildman–Crippen MR) is 74.1 cm³/mol. The third-order valence-electron chi connectivity index (χ3n) is 2.63. The maximum absolute atomic E-state index is 10.8. The fourth-order valence-corrected chi connectivity index (χ4v) is 1.79. The molecule has 0 atom stereocenters. The van der Waals surface area contributed by atoms with E-state index in [0.717, 1.165) is 12.3 Å². The number of carboxylic acid groups (broad SMARTS) is 1. The lowest BCUT2D eigenvalue weighted by atomic mass is 10.1. The number of nitro groups is 1. The number of hydrogen-bond acceptors (Lipinski definition) is 5. The topological polar surface area (TPSA) is 103 Å². The lowest BCUT2D eigenvalue weighted by Gasteiger charge is -2.09. The number of ether oxygens (including phenoxy) is 1. The van der Waals surface area contributed by atoms with Crippen LogP contribution in [0.1, 0.15) is 15.9 Å². The number of nitrogens with zero attached hydrogens (tertiary/aromatic N) is 2. The molecule has 2 rings (SSSR count). The standard InChI is InChI=1S/C13H9ClN2O5/c1-7-4-8(13(17)18)2-3-11(7)21-12-10(14)5-9(6-15-12)16(19)20/h2-6H,1H3,(H,17,18). The van der Waals surface area contributed by atoms with Crippen LogP contribution in [0.5, 0.6) is 11.6 Å². The Morgan fingerprint density at radius 2 is 2.14 bits per heavy atom. The van der Waals surface area contributed by atoms with Crippen LogP contribution >= 0.6 is 11.6 Å². The molecule has 0 fully saturated rings. The van der Waals surface area contributed by atoms with Crippen molar-refractivity contribution in [2.45, 2.75) is 6.92 Å². The van der Waals surface area contributed by atoms with Gasteiger partial charge in [-0.25, -0.2) is 9.78 Å². The summed E-state index contributed by atoms with van der Waals surface area (Å²) >= 11 is 5.87. The molecule has 0 bridgehead atoms. The first-order chi connectivity index (χ1) is 9.88. The van der Waals surface area contributed by atoms with Crippen LogP contribution in [-0.4, -0.2) is 21.0 Å². The monoisotopic (exact) mass is 308 g/mol. The number of rotatable bonds is 4. The van der Waals surface area contributed by atoms with Gasteiger partial charge in [0.05, 0.1) is 10.5 Å². The first-order valence-electron chi connectivity index (χ1n) is 5.70. The predicted octanol–water partition coefficient (Wildman–Crippen LogP) is 3.44. The van der Waals surface area contributed by atoms with Gasteiger partial charge in [-0.2, -0.15) is 0 Å². The number of carboxylic acids is 1. The first kappa shape index (κ1) is 14.7. The number of carbonyl (C=O) groups is 1. The summed E-state index contributed by atoms with van der Waals surface area (Å²) < 4.78 is 5.45. The van der Waals surface area contributed by atoms with Gasteiger partial charge in [-0.05, 0) is 30.7 Å². The molecule has 0 saturated carbocycles. The van der Waals surface area contributed by atoms with Crippen molar-refractivity contribution < 1.29 is 19.6 Å². The molecule has 2 aromatic rings. The van der Waals surface area contributed by atoms with Crippen molar-refractivity contribution in [3.8, 4) is 11.6 Å². The van der Waals surface area contributed by atoms with Crippen molar-refractivity contribution in [2.75, 3.05) is 0 Å². The zero-order valence-corrected chi connectivity index (χ0v) is 11.5. The zero-order chi connectivity index (χ0) is 15.6. The van der Waals surface area contributed by atoms with Crippen molar-refractivity contribution in [1.82, 2.24) is 4.98 Å². The highest BCUT2D eigenvalue weighted by atomic mass is 35.5. The normalized spacial score (nSPS) is 10.2. The van der Waals surface area contributed by atoms with Crippen molar-refractivity contribution in [2.24, 2.45) is 0 Å². The van der Waals surface area contributed by atoms with E-state index >= 15 is 0 Å². The molecule has 0 radical (unpaired) electrons. The molecule has 0 spiro atoms. The van der Waals surface area contributed by atoms with Crippen molar-refractivity contribution >= 4 is 23.3 Å². The van der Waals surface area contributed by atoms with Gasteiger partial charge in [0.2, 0.25) is 5.88 Å². The number of aryl methyl sites for hydroxylation is 1. The molecule has 108 valence electrons. The highest BCUT2D eigenvalue weighted by molar-refractivity contribution is 6.32. The molecule has 7 nitrogen and oxygen atoms in total. The van der Waals surface area contributed by atoms with Crippen LogP contribution < -0.4 is 4.74 Å². The summed E-state index contributed by atoms with van der Waals surface area (Å²) in [4.78, 5) is 24.6. The van der Waals surface area contributed by atoms with E-state index in [4.69, 9.17) is 21.4 Å². The fraction of sp³-hybridized carbons (Fsp3) is 0.0769. The average molecular weight is 309 g/mol. The molecular weight excluding hydrogens is 300 g/mol. The maximum atomic E-state index is 10.8. The second kappa shape index (κ2) is 5.76.